The summed E-state index contributed by atoms with van der Waals surface area (Å²) in [5.41, 5.74) is 3.73. The van der Waals surface area contributed by atoms with Crippen molar-refractivity contribution in [2.75, 3.05) is 24.3 Å². The van der Waals surface area contributed by atoms with Crippen LogP contribution in [0.1, 0.15) is 23.0 Å². The van der Waals surface area contributed by atoms with Crippen LogP contribution in [-0.2, 0) is 16.9 Å². The number of aromatic nitrogens is 5. The molecule has 0 radical (unpaired) electrons. The number of fused-ring (bicyclic) bond motifs is 2. The first-order chi connectivity index (χ1) is 13.2. The minimum Gasteiger partial charge on any atom is -0.377 e. The summed E-state index contributed by atoms with van der Waals surface area (Å²) in [4.78, 5) is 17.2. The van der Waals surface area contributed by atoms with Crippen LogP contribution in [0.15, 0.2) is 29.2 Å². The summed E-state index contributed by atoms with van der Waals surface area (Å²) in [6.45, 7) is 2.93. The van der Waals surface area contributed by atoms with Gasteiger partial charge in [-0.05, 0) is 18.2 Å². The molecule has 0 spiro atoms. The number of anilines is 1. The Kier molecular flexibility index (Phi) is 4.13. The number of thioether (sulfide) groups is 1. The van der Waals surface area contributed by atoms with Gasteiger partial charge in [0.25, 0.3) is 5.56 Å². The molecular formula is C18H20N6O2S. The minimum atomic E-state index is -0.156. The summed E-state index contributed by atoms with van der Waals surface area (Å²) in [5.74, 6) is 2.76. The minimum absolute atomic E-state index is 0.0614. The van der Waals surface area contributed by atoms with Gasteiger partial charge in [0.15, 0.2) is 5.65 Å². The van der Waals surface area contributed by atoms with Crippen LogP contribution in [-0.4, -0.2) is 49.4 Å². The van der Waals surface area contributed by atoms with E-state index in [4.69, 9.17) is 9.84 Å². The summed E-state index contributed by atoms with van der Waals surface area (Å²) in [6, 6.07) is 5.34. The zero-order valence-corrected chi connectivity index (χ0v) is 15.8. The summed E-state index contributed by atoms with van der Waals surface area (Å²) in [5, 5.41) is 12.5. The maximum absolute atomic E-state index is 12.7. The Balaban J connectivity index is 1.49. The largest absolute Gasteiger partial charge is 0.377 e. The fourth-order valence-corrected chi connectivity index (χ4v) is 4.67. The molecule has 3 aromatic heterocycles. The molecule has 5 rings (SSSR count). The number of rotatable bonds is 3. The zero-order chi connectivity index (χ0) is 18.4. The second-order valence-corrected chi connectivity index (χ2v) is 8.05. The third kappa shape index (κ3) is 3.00. The van der Waals surface area contributed by atoms with E-state index in [1.807, 2.05) is 30.8 Å². The molecule has 0 amide bonds. The van der Waals surface area contributed by atoms with E-state index >= 15 is 0 Å². The van der Waals surface area contributed by atoms with Gasteiger partial charge < -0.3 is 10.1 Å². The second kappa shape index (κ2) is 6.65. The van der Waals surface area contributed by atoms with Gasteiger partial charge in [0.1, 0.15) is 11.9 Å². The molecule has 2 aliphatic heterocycles. The van der Waals surface area contributed by atoms with Crippen molar-refractivity contribution in [3.63, 3.8) is 0 Å². The summed E-state index contributed by atoms with van der Waals surface area (Å²) in [7, 11) is 0. The molecule has 2 atom stereocenters. The normalized spacial score (nSPS) is 22.1. The number of aryl methyl sites for hydroxylation is 2. The van der Waals surface area contributed by atoms with Gasteiger partial charge >= 0.3 is 0 Å². The monoisotopic (exact) mass is 384 g/mol. The molecule has 2 aliphatic rings. The van der Waals surface area contributed by atoms with E-state index in [-0.39, 0.29) is 17.6 Å². The number of ether oxygens (including phenoxy) is 1. The molecule has 1 N–H and O–H groups in total. The molecule has 27 heavy (non-hydrogen) atoms. The third-order valence-electron chi connectivity index (χ3n) is 5.05. The van der Waals surface area contributed by atoms with Crippen molar-refractivity contribution >= 4 is 23.2 Å². The maximum atomic E-state index is 12.7. The quantitative estimate of drug-likeness (QED) is 0.731. The molecule has 0 bridgehead atoms. The summed E-state index contributed by atoms with van der Waals surface area (Å²) < 4.78 is 9.08. The van der Waals surface area contributed by atoms with E-state index in [9.17, 15) is 4.79 Å². The average Bonchev–Trinajstić information content (AvgIpc) is 3.30. The van der Waals surface area contributed by atoms with E-state index in [1.165, 1.54) is 0 Å². The molecule has 0 aromatic carbocycles. The lowest BCUT2D eigenvalue weighted by molar-refractivity contribution is 0.182. The molecule has 3 aromatic rings. The van der Waals surface area contributed by atoms with Crippen molar-refractivity contribution in [1.82, 2.24) is 24.4 Å². The average molecular weight is 384 g/mol. The standard InChI is InChI=1S/C18H20N6O2S/c1-11-6-17(24-16(20-11)2-4-19-24)21-14-8-26-9-15(14)23-18(25)7-12-10-27-5-3-13(12)22-23/h2,4,6-7,14-15,21H,3,5,8-10H2,1H3. The topological polar surface area (TPSA) is 86.3 Å². The highest BCUT2D eigenvalue weighted by atomic mass is 32.2. The summed E-state index contributed by atoms with van der Waals surface area (Å²) >= 11 is 1.85. The van der Waals surface area contributed by atoms with Gasteiger partial charge in [-0.1, -0.05) is 0 Å². The number of nitrogens with one attached hydrogen (secondary N) is 1. The first-order valence-corrected chi connectivity index (χ1v) is 10.2. The zero-order valence-electron chi connectivity index (χ0n) is 15.0. The second-order valence-electron chi connectivity index (χ2n) is 6.94. The van der Waals surface area contributed by atoms with Crippen molar-refractivity contribution in [3.8, 4) is 0 Å². The predicted octanol–water partition coefficient (Wildman–Crippen LogP) is 1.44. The lowest BCUT2D eigenvalue weighted by atomic mass is 10.1. The maximum Gasteiger partial charge on any atom is 0.267 e. The van der Waals surface area contributed by atoms with Gasteiger partial charge in [-0.15, -0.1) is 0 Å². The highest BCUT2D eigenvalue weighted by Crippen LogP contribution is 2.25. The van der Waals surface area contributed by atoms with E-state index in [1.54, 1.807) is 21.5 Å². The van der Waals surface area contributed by atoms with Crippen molar-refractivity contribution in [2.24, 2.45) is 0 Å². The third-order valence-corrected chi connectivity index (χ3v) is 6.06. The van der Waals surface area contributed by atoms with Crippen LogP contribution in [0.3, 0.4) is 0 Å². The Hall–Kier alpha value is -2.39. The van der Waals surface area contributed by atoms with Crippen LogP contribution >= 0.6 is 11.8 Å². The van der Waals surface area contributed by atoms with Crippen molar-refractivity contribution in [3.05, 3.63) is 51.7 Å². The van der Waals surface area contributed by atoms with Crippen molar-refractivity contribution < 1.29 is 4.74 Å². The molecule has 9 heteroatoms. The van der Waals surface area contributed by atoms with Crippen LogP contribution in [0, 0.1) is 6.92 Å². The lowest BCUT2D eigenvalue weighted by Gasteiger charge is -2.23. The van der Waals surface area contributed by atoms with Crippen molar-refractivity contribution in [2.45, 2.75) is 31.2 Å². The van der Waals surface area contributed by atoms with Gasteiger partial charge in [-0.25, -0.2) is 9.67 Å². The summed E-state index contributed by atoms with van der Waals surface area (Å²) in [6.07, 6.45) is 2.63. The number of hydrogen-bond acceptors (Lipinski definition) is 7. The van der Waals surface area contributed by atoms with Crippen LogP contribution < -0.4 is 10.9 Å². The highest BCUT2D eigenvalue weighted by Gasteiger charge is 2.32. The Morgan fingerprint density at radius 1 is 1.33 bits per heavy atom. The van der Waals surface area contributed by atoms with E-state index < -0.39 is 0 Å². The predicted molar refractivity (Wildman–Crippen MR) is 103 cm³/mol. The van der Waals surface area contributed by atoms with Gasteiger partial charge in [-0.3, -0.25) is 4.79 Å². The highest BCUT2D eigenvalue weighted by molar-refractivity contribution is 7.98. The smallest absolute Gasteiger partial charge is 0.267 e. The first kappa shape index (κ1) is 16.8. The van der Waals surface area contributed by atoms with Gasteiger partial charge in [0, 0.05) is 36.1 Å². The SMILES string of the molecule is Cc1cc(NC2COCC2n2nc3c(cc2=O)CSCC3)n2nccc2n1. The fraction of sp³-hybridized carbons (Fsp3) is 0.444. The van der Waals surface area contributed by atoms with E-state index in [0.717, 1.165) is 46.3 Å². The Labute approximate surface area is 159 Å². The van der Waals surface area contributed by atoms with Crippen LogP contribution in [0.2, 0.25) is 0 Å². The Morgan fingerprint density at radius 3 is 3.19 bits per heavy atom. The molecular weight excluding hydrogens is 364 g/mol. The van der Waals surface area contributed by atoms with E-state index in [0.29, 0.717) is 13.2 Å². The molecule has 5 heterocycles. The molecule has 0 saturated carbocycles. The molecule has 1 saturated heterocycles. The van der Waals surface area contributed by atoms with Gasteiger partial charge in [0.2, 0.25) is 0 Å². The van der Waals surface area contributed by atoms with Gasteiger partial charge in [0.05, 0.1) is 31.1 Å². The van der Waals surface area contributed by atoms with Gasteiger partial charge in [-0.2, -0.15) is 26.5 Å². The van der Waals surface area contributed by atoms with Crippen LogP contribution in [0.4, 0.5) is 5.82 Å². The molecule has 140 valence electrons. The Bertz CT molecular complexity index is 1060. The number of hydrogen-bond donors (Lipinski definition) is 1. The van der Waals surface area contributed by atoms with Crippen molar-refractivity contribution in [1.29, 1.82) is 0 Å². The fourth-order valence-electron chi connectivity index (χ4n) is 3.72. The van der Waals surface area contributed by atoms with E-state index in [2.05, 4.69) is 15.4 Å². The molecule has 2 unspecified atom stereocenters. The molecule has 0 aliphatic carbocycles. The Morgan fingerprint density at radius 2 is 2.26 bits per heavy atom. The van der Waals surface area contributed by atoms with Crippen LogP contribution in [0.5, 0.6) is 0 Å². The molecule has 8 nitrogen and oxygen atoms in total. The first-order valence-electron chi connectivity index (χ1n) is 9.04. The molecule has 1 fully saturated rings. The number of nitrogens with zero attached hydrogens (tertiary/aromatic N) is 5. The lowest BCUT2D eigenvalue weighted by Crippen LogP contribution is -2.38. The van der Waals surface area contributed by atoms with Crippen LogP contribution in [0.25, 0.3) is 5.65 Å².